The molecule has 0 saturated heterocycles. The van der Waals surface area contributed by atoms with Gasteiger partial charge in [-0.15, -0.1) is 0 Å². The van der Waals surface area contributed by atoms with Gasteiger partial charge in [-0.2, -0.15) is 5.26 Å². The molecule has 1 heterocycles. The SMILES string of the molecule is N#Cc1cc(C(F)F)c(I)c(S(=O)(=O)Cl)n1. The number of alkyl halides is 2. The minimum absolute atomic E-state index is 0.276. The van der Waals surface area contributed by atoms with Crippen LogP contribution in [0, 0.1) is 14.9 Å². The molecule has 1 aromatic rings. The van der Waals surface area contributed by atoms with Crippen molar-refractivity contribution < 1.29 is 17.2 Å². The van der Waals surface area contributed by atoms with Crippen molar-refractivity contribution in [2.24, 2.45) is 0 Å². The zero-order valence-electron chi connectivity index (χ0n) is 7.29. The van der Waals surface area contributed by atoms with E-state index in [1.807, 2.05) is 0 Å². The standard InChI is InChI=1S/C7H2ClF2IN2O2S/c8-16(14,15)7-5(11)4(6(9)10)1-3(2-12)13-7/h1,6H. The fourth-order valence-corrected chi connectivity index (χ4v) is 3.55. The van der Waals surface area contributed by atoms with E-state index < -0.39 is 31.8 Å². The van der Waals surface area contributed by atoms with Gasteiger partial charge in [0.2, 0.25) is 0 Å². The summed E-state index contributed by atoms with van der Waals surface area (Å²) in [6.45, 7) is 0. The summed E-state index contributed by atoms with van der Waals surface area (Å²) in [6.07, 6.45) is -2.90. The van der Waals surface area contributed by atoms with Gasteiger partial charge in [0.15, 0.2) is 5.03 Å². The van der Waals surface area contributed by atoms with Crippen LogP contribution >= 0.6 is 33.3 Å². The van der Waals surface area contributed by atoms with Gasteiger partial charge in [-0.3, -0.25) is 0 Å². The molecule has 0 N–H and O–H groups in total. The van der Waals surface area contributed by atoms with Crippen LogP contribution in [0.3, 0.4) is 0 Å². The number of halogens is 4. The Kier molecular flexibility index (Phi) is 4.03. The highest BCUT2D eigenvalue weighted by Crippen LogP contribution is 2.30. The Balaban J connectivity index is 3.65. The first kappa shape index (κ1) is 13.5. The van der Waals surface area contributed by atoms with Crippen molar-refractivity contribution in [1.29, 1.82) is 5.26 Å². The Bertz CT molecular complexity index is 570. The summed E-state index contributed by atoms with van der Waals surface area (Å²) in [6, 6.07) is 2.32. The second-order valence-corrected chi connectivity index (χ2v) is 6.13. The Hall–Kier alpha value is -0.530. The molecule has 0 aliphatic rings. The van der Waals surface area contributed by atoms with Crippen LogP contribution in [0.2, 0.25) is 0 Å². The first-order valence-corrected chi connectivity index (χ1v) is 6.99. The van der Waals surface area contributed by atoms with E-state index in [9.17, 15) is 17.2 Å². The largest absolute Gasteiger partial charge is 0.279 e. The van der Waals surface area contributed by atoms with Gasteiger partial charge in [0.05, 0.1) is 3.57 Å². The average Bonchev–Trinajstić information content (AvgIpc) is 2.15. The lowest BCUT2D eigenvalue weighted by molar-refractivity contribution is 0.150. The van der Waals surface area contributed by atoms with E-state index in [4.69, 9.17) is 15.9 Å². The van der Waals surface area contributed by atoms with Crippen molar-refractivity contribution in [3.05, 3.63) is 20.9 Å². The molecule has 0 bridgehead atoms. The number of nitriles is 1. The number of aromatic nitrogens is 1. The first-order valence-electron chi connectivity index (χ1n) is 3.60. The molecule has 0 radical (unpaired) electrons. The van der Waals surface area contributed by atoms with Gasteiger partial charge in [-0.25, -0.2) is 22.2 Å². The maximum Gasteiger partial charge on any atom is 0.279 e. The van der Waals surface area contributed by atoms with Crippen LogP contribution in [0.5, 0.6) is 0 Å². The number of nitrogens with zero attached hydrogens (tertiary/aromatic N) is 2. The Morgan fingerprint density at radius 3 is 2.50 bits per heavy atom. The molecule has 0 saturated carbocycles. The van der Waals surface area contributed by atoms with Gasteiger partial charge in [0.25, 0.3) is 15.5 Å². The zero-order valence-corrected chi connectivity index (χ0v) is 11.0. The molecule has 0 aromatic carbocycles. The van der Waals surface area contributed by atoms with Crippen molar-refractivity contribution >= 4 is 42.3 Å². The molecular weight excluding hydrogens is 377 g/mol. The maximum absolute atomic E-state index is 12.5. The quantitative estimate of drug-likeness (QED) is 0.585. The van der Waals surface area contributed by atoms with Crippen LogP contribution in [0.1, 0.15) is 17.7 Å². The van der Waals surface area contributed by atoms with Gasteiger partial charge < -0.3 is 0 Å². The van der Waals surface area contributed by atoms with E-state index in [-0.39, 0.29) is 3.57 Å². The number of hydrogen-bond acceptors (Lipinski definition) is 4. The summed E-state index contributed by atoms with van der Waals surface area (Å²) in [5, 5.41) is 7.81. The topological polar surface area (TPSA) is 70.8 Å². The summed E-state index contributed by atoms with van der Waals surface area (Å²) in [5.74, 6) is 0. The maximum atomic E-state index is 12.5. The number of rotatable bonds is 2. The predicted octanol–water partition coefficient (Wildman–Crippen LogP) is 2.42. The second kappa shape index (κ2) is 4.77. The van der Waals surface area contributed by atoms with Gasteiger partial charge >= 0.3 is 0 Å². The first-order chi connectivity index (χ1) is 7.27. The summed E-state index contributed by atoms with van der Waals surface area (Å²) < 4.78 is 46.9. The lowest BCUT2D eigenvalue weighted by Crippen LogP contribution is -2.05. The highest BCUT2D eigenvalue weighted by atomic mass is 127. The third-order valence-corrected chi connectivity index (χ3v) is 4.23. The van der Waals surface area contributed by atoms with Crippen molar-refractivity contribution in [3.63, 3.8) is 0 Å². The van der Waals surface area contributed by atoms with Crippen molar-refractivity contribution in [2.75, 3.05) is 0 Å². The van der Waals surface area contributed by atoms with E-state index in [1.54, 1.807) is 0 Å². The summed E-state index contributed by atoms with van der Waals surface area (Å²) >= 11 is 1.40. The fraction of sp³-hybridized carbons (Fsp3) is 0.143. The third-order valence-electron chi connectivity index (χ3n) is 1.54. The van der Waals surface area contributed by atoms with Gasteiger partial charge in [0.1, 0.15) is 11.8 Å². The molecule has 0 atom stereocenters. The normalized spacial score (nSPS) is 11.5. The smallest absolute Gasteiger partial charge is 0.223 e. The van der Waals surface area contributed by atoms with E-state index in [0.29, 0.717) is 0 Å². The van der Waals surface area contributed by atoms with Crippen LogP contribution in [0.4, 0.5) is 8.78 Å². The monoisotopic (exact) mass is 378 g/mol. The molecule has 0 fully saturated rings. The van der Waals surface area contributed by atoms with Gasteiger partial charge in [0, 0.05) is 16.2 Å². The van der Waals surface area contributed by atoms with Crippen molar-refractivity contribution in [2.45, 2.75) is 11.5 Å². The molecule has 0 aliphatic carbocycles. The average molecular weight is 379 g/mol. The van der Waals surface area contributed by atoms with Crippen LogP contribution in [0.25, 0.3) is 0 Å². The summed E-state index contributed by atoms with van der Waals surface area (Å²) in [5.41, 5.74) is -0.999. The van der Waals surface area contributed by atoms with E-state index in [0.717, 1.165) is 6.07 Å². The third kappa shape index (κ3) is 2.78. The number of hydrogen-bond donors (Lipinski definition) is 0. The van der Waals surface area contributed by atoms with E-state index >= 15 is 0 Å². The van der Waals surface area contributed by atoms with Crippen molar-refractivity contribution in [1.82, 2.24) is 4.98 Å². The fourth-order valence-electron chi connectivity index (χ4n) is 0.902. The molecule has 0 aliphatic heterocycles. The molecule has 0 amide bonds. The molecule has 0 unspecified atom stereocenters. The summed E-state index contributed by atoms with van der Waals surface area (Å²) in [7, 11) is 0.767. The van der Waals surface area contributed by atoms with Gasteiger partial charge in [-0.1, -0.05) is 0 Å². The molecule has 1 aromatic heterocycles. The van der Waals surface area contributed by atoms with Crippen LogP contribution < -0.4 is 0 Å². The number of pyridine rings is 1. The van der Waals surface area contributed by atoms with Crippen LogP contribution in [0.15, 0.2) is 11.1 Å². The molecular formula is C7H2ClF2IN2O2S. The Morgan fingerprint density at radius 1 is 1.56 bits per heavy atom. The molecule has 4 nitrogen and oxygen atoms in total. The molecule has 9 heteroatoms. The van der Waals surface area contributed by atoms with Gasteiger partial charge in [-0.05, 0) is 28.7 Å². The summed E-state index contributed by atoms with van der Waals surface area (Å²) in [4.78, 5) is 3.38. The minimum Gasteiger partial charge on any atom is -0.223 e. The lowest BCUT2D eigenvalue weighted by atomic mass is 10.2. The highest BCUT2D eigenvalue weighted by molar-refractivity contribution is 14.1. The van der Waals surface area contributed by atoms with E-state index in [1.165, 1.54) is 28.7 Å². The second-order valence-electron chi connectivity index (χ2n) is 2.57. The molecule has 0 spiro atoms. The Morgan fingerprint density at radius 2 is 2.12 bits per heavy atom. The van der Waals surface area contributed by atoms with Crippen LogP contribution in [-0.4, -0.2) is 13.4 Å². The minimum atomic E-state index is -4.25. The molecule has 86 valence electrons. The molecule has 1 rings (SSSR count). The zero-order chi connectivity index (χ0) is 12.5. The highest BCUT2D eigenvalue weighted by Gasteiger charge is 2.24. The van der Waals surface area contributed by atoms with Crippen LogP contribution in [-0.2, 0) is 9.05 Å². The molecule has 16 heavy (non-hydrogen) atoms. The Labute approximate surface area is 108 Å². The predicted molar refractivity (Wildman–Crippen MR) is 59.7 cm³/mol. The van der Waals surface area contributed by atoms with E-state index in [2.05, 4.69) is 4.98 Å². The lowest BCUT2D eigenvalue weighted by Gasteiger charge is -2.06. The van der Waals surface area contributed by atoms with Crippen molar-refractivity contribution in [3.8, 4) is 6.07 Å².